The van der Waals surface area contributed by atoms with Crippen molar-refractivity contribution in [3.05, 3.63) is 0 Å². The van der Waals surface area contributed by atoms with E-state index in [0.29, 0.717) is 6.42 Å². The first-order chi connectivity index (χ1) is 6.59. The highest BCUT2D eigenvalue weighted by Crippen LogP contribution is 2.20. The predicted octanol–water partition coefficient (Wildman–Crippen LogP) is 1.30. The molecular formula is C10H17NO3. The number of nitrogens with zero attached hydrogens (tertiary/aromatic N) is 1. The molecule has 0 aromatic carbocycles. The summed E-state index contributed by atoms with van der Waals surface area (Å²) < 4.78 is 0. The lowest BCUT2D eigenvalue weighted by atomic mass is 10.00. The highest BCUT2D eigenvalue weighted by molar-refractivity contribution is 5.76. The summed E-state index contributed by atoms with van der Waals surface area (Å²) in [5.74, 6) is -0.158. The Morgan fingerprint density at radius 1 is 1.36 bits per heavy atom. The second-order valence-corrected chi connectivity index (χ2v) is 3.78. The Bertz CT molecular complexity index is 203. The van der Waals surface area contributed by atoms with Crippen LogP contribution in [0.25, 0.3) is 0 Å². The summed E-state index contributed by atoms with van der Waals surface area (Å²) in [6.45, 7) is 3.71. The Labute approximate surface area is 84.2 Å². The minimum absolute atomic E-state index is 0.0881. The van der Waals surface area contributed by atoms with E-state index in [1.54, 1.807) is 12.0 Å². The molecule has 4 heteroatoms. The van der Waals surface area contributed by atoms with Crippen molar-refractivity contribution in [3.8, 4) is 0 Å². The van der Waals surface area contributed by atoms with Gasteiger partial charge in [0, 0.05) is 19.9 Å². The van der Waals surface area contributed by atoms with Crippen LogP contribution < -0.4 is 0 Å². The number of carbonyl (C=O) groups is 2. The van der Waals surface area contributed by atoms with Crippen molar-refractivity contribution in [2.45, 2.75) is 45.6 Å². The van der Waals surface area contributed by atoms with Gasteiger partial charge in [-0.25, -0.2) is 0 Å². The first-order valence-corrected chi connectivity index (χ1v) is 5.04. The van der Waals surface area contributed by atoms with Crippen LogP contribution in [0.3, 0.4) is 0 Å². The maximum atomic E-state index is 11.0. The van der Waals surface area contributed by atoms with E-state index in [2.05, 4.69) is 0 Å². The van der Waals surface area contributed by atoms with Crippen molar-refractivity contribution in [2.75, 3.05) is 6.54 Å². The molecule has 1 unspecified atom stereocenters. The van der Waals surface area contributed by atoms with Crippen molar-refractivity contribution >= 4 is 11.8 Å². The van der Waals surface area contributed by atoms with E-state index in [1.807, 2.05) is 0 Å². The zero-order chi connectivity index (χ0) is 10.6. The van der Waals surface area contributed by atoms with Crippen molar-refractivity contribution in [3.63, 3.8) is 0 Å². The Morgan fingerprint density at radius 3 is 2.64 bits per heavy atom. The molecule has 1 fully saturated rings. The van der Waals surface area contributed by atoms with Gasteiger partial charge >= 0.3 is 5.97 Å². The summed E-state index contributed by atoms with van der Waals surface area (Å²) in [4.78, 5) is 26.8. The number of ketones is 1. The number of hydrogen-bond acceptors (Lipinski definition) is 4. The molecule has 80 valence electrons. The average molecular weight is 199 g/mol. The molecule has 0 saturated carbocycles. The lowest BCUT2D eigenvalue weighted by Crippen LogP contribution is -2.41. The molecule has 0 radical (unpaired) electrons. The summed E-state index contributed by atoms with van der Waals surface area (Å²) in [6, 6.07) is 0.0881. The summed E-state index contributed by atoms with van der Waals surface area (Å²) in [7, 11) is 0. The van der Waals surface area contributed by atoms with E-state index in [4.69, 9.17) is 4.84 Å². The SMILES string of the molecule is CC(=O)CC1CCCCN1OC(C)=O. The third kappa shape index (κ3) is 3.46. The van der Waals surface area contributed by atoms with E-state index in [0.717, 1.165) is 25.8 Å². The zero-order valence-corrected chi connectivity index (χ0v) is 8.78. The Hall–Kier alpha value is -0.900. The molecule has 1 atom stereocenters. The lowest BCUT2D eigenvalue weighted by molar-refractivity contribution is -0.206. The largest absolute Gasteiger partial charge is 0.368 e. The number of piperidine rings is 1. The van der Waals surface area contributed by atoms with Gasteiger partial charge in [0.1, 0.15) is 5.78 Å². The van der Waals surface area contributed by atoms with E-state index >= 15 is 0 Å². The minimum Gasteiger partial charge on any atom is -0.368 e. The van der Waals surface area contributed by atoms with Crippen LogP contribution in [0.4, 0.5) is 0 Å². The molecule has 0 aromatic rings. The number of hydrogen-bond donors (Lipinski definition) is 0. The fourth-order valence-corrected chi connectivity index (χ4v) is 1.80. The lowest BCUT2D eigenvalue weighted by Gasteiger charge is -2.32. The van der Waals surface area contributed by atoms with E-state index in [1.165, 1.54) is 6.92 Å². The van der Waals surface area contributed by atoms with Gasteiger partial charge in [-0.15, -0.1) is 5.06 Å². The third-order valence-electron chi connectivity index (χ3n) is 2.34. The molecule has 1 heterocycles. The fraction of sp³-hybridized carbons (Fsp3) is 0.800. The quantitative estimate of drug-likeness (QED) is 0.687. The maximum absolute atomic E-state index is 11.0. The Balaban J connectivity index is 2.49. The highest BCUT2D eigenvalue weighted by atomic mass is 16.7. The first kappa shape index (κ1) is 11.2. The van der Waals surface area contributed by atoms with Gasteiger partial charge in [-0.05, 0) is 19.8 Å². The van der Waals surface area contributed by atoms with Gasteiger partial charge in [0.05, 0.1) is 6.04 Å². The van der Waals surface area contributed by atoms with E-state index in [-0.39, 0.29) is 17.8 Å². The molecule has 4 nitrogen and oxygen atoms in total. The standard InChI is InChI=1S/C10H17NO3/c1-8(12)7-10-5-3-4-6-11(10)14-9(2)13/h10H,3-7H2,1-2H3. The number of Topliss-reactive ketones (excluding diaryl/α,β-unsaturated/α-hetero) is 1. The molecule has 0 N–H and O–H groups in total. The van der Waals surface area contributed by atoms with Crippen LogP contribution in [0.5, 0.6) is 0 Å². The van der Waals surface area contributed by atoms with Gasteiger partial charge in [-0.1, -0.05) is 6.42 Å². The fourth-order valence-electron chi connectivity index (χ4n) is 1.80. The normalized spacial score (nSPS) is 23.1. The minimum atomic E-state index is -0.305. The second-order valence-electron chi connectivity index (χ2n) is 3.78. The number of carbonyl (C=O) groups excluding carboxylic acids is 2. The second kappa shape index (κ2) is 5.10. The van der Waals surface area contributed by atoms with Crippen molar-refractivity contribution in [2.24, 2.45) is 0 Å². The topological polar surface area (TPSA) is 46.6 Å². The van der Waals surface area contributed by atoms with Crippen LogP contribution in [0.2, 0.25) is 0 Å². The molecule has 0 aliphatic carbocycles. The summed E-state index contributed by atoms with van der Waals surface area (Å²) in [5.41, 5.74) is 0. The average Bonchev–Trinajstić information content (AvgIpc) is 2.06. The van der Waals surface area contributed by atoms with Gasteiger partial charge in [0.25, 0.3) is 0 Å². The van der Waals surface area contributed by atoms with Crippen LogP contribution in [-0.4, -0.2) is 29.4 Å². The molecule has 1 rings (SSSR count). The molecule has 1 saturated heterocycles. The van der Waals surface area contributed by atoms with E-state index in [9.17, 15) is 9.59 Å². The van der Waals surface area contributed by atoms with Gasteiger partial charge in [-0.3, -0.25) is 9.59 Å². The van der Waals surface area contributed by atoms with Crippen LogP contribution in [0.15, 0.2) is 0 Å². The molecule has 0 amide bonds. The Kier molecular flexibility index (Phi) is 4.07. The van der Waals surface area contributed by atoms with Crippen LogP contribution >= 0.6 is 0 Å². The smallest absolute Gasteiger partial charge is 0.322 e. The summed E-state index contributed by atoms with van der Waals surface area (Å²) in [6.07, 6.45) is 3.55. The van der Waals surface area contributed by atoms with Gasteiger partial charge in [-0.2, -0.15) is 0 Å². The molecular weight excluding hydrogens is 182 g/mol. The predicted molar refractivity (Wildman–Crippen MR) is 51.4 cm³/mol. The molecule has 1 aliphatic rings. The number of rotatable bonds is 3. The molecule has 14 heavy (non-hydrogen) atoms. The van der Waals surface area contributed by atoms with Crippen LogP contribution in [0.1, 0.15) is 39.5 Å². The van der Waals surface area contributed by atoms with Crippen molar-refractivity contribution in [1.29, 1.82) is 0 Å². The molecule has 0 spiro atoms. The summed E-state index contributed by atoms with van der Waals surface area (Å²) >= 11 is 0. The van der Waals surface area contributed by atoms with Gasteiger partial charge in [0.2, 0.25) is 0 Å². The first-order valence-electron chi connectivity index (χ1n) is 5.04. The molecule has 1 aliphatic heterocycles. The molecule has 0 aromatic heterocycles. The van der Waals surface area contributed by atoms with E-state index < -0.39 is 0 Å². The Morgan fingerprint density at radius 2 is 2.07 bits per heavy atom. The van der Waals surface area contributed by atoms with Gasteiger partial charge in [0.15, 0.2) is 0 Å². The number of hydroxylamine groups is 2. The monoisotopic (exact) mass is 199 g/mol. The zero-order valence-electron chi connectivity index (χ0n) is 8.78. The van der Waals surface area contributed by atoms with Crippen LogP contribution in [0, 0.1) is 0 Å². The molecule has 0 bridgehead atoms. The van der Waals surface area contributed by atoms with Crippen molar-refractivity contribution < 1.29 is 14.4 Å². The van der Waals surface area contributed by atoms with Gasteiger partial charge < -0.3 is 4.84 Å². The van der Waals surface area contributed by atoms with Crippen molar-refractivity contribution in [1.82, 2.24) is 5.06 Å². The summed E-state index contributed by atoms with van der Waals surface area (Å²) in [5, 5.41) is 1.66. The van der Waals surface area contributed by atoms with Crippen LogP contribution in [-0.2, 0) is 14.4 Å². The third-order valence-corrected chi connectivity index (χ3v) is 2.34. The highest BCUT2D eigenvalue weighted by Gasteiger charge is 2.25. The maximum Gasteiger partial charge on any atom is 0.322 e.